The number of aromatic nitrogens is 3. The average molecular weight is 320 g/mol. The third kappa shape index (κ3) is 4.26. The fraction of sp³-hybridized carbons (Fsp3) is 0.400. The molecular formula is C15H17FN4O3. The highest BCUT2D eigenvalue weighted by molar-refractivity contribution is 5.75. The minimum Gasteiger partial charge on any atom is -0.487 e. The summed E-state index contributed by atoms with van der Waals surface area (Å²) in [6, 6.07) is 5.74. The van der Waals surface area contributed by atoms with Gasteiger partial charge in [-0.05, 0) is 24.3 Å². The molecule has 1 aromatic carbocycles. The predicted octanol–water partition coefficient (Wildman–Crippen LogP) is 0.855. The van der Waals surface area contributed by atoms with Gasteiger partial charge in [-0.1, -0.05) is 5.21 Å². The Morgan fingerprint density at radius 2 is 2.00 bits per heavy atom. The van der Waals surface area contributed by atoms with Gasteiger partial charge in [0.2, 0.25) is 5.91 Å². The first-order chi connectivity index (χ1) is 11.2. The highest BCUT2D eigenvalue weighted by Gasteiger charge is 2.17. The summed E-state index contributed by atoms with van der Waals surface area (Å²) < 4.78 is 25.0. The average Bonchev–Trinajstić information content (AvgIpc) is 3.02. The molecule has 3 rings (SSSR count). The largest absolute Gasteiger partial charge is 0.487 e. The monoisotopic (exact) mass is 320 g/mol. The molecule has 0 N–H and O–H groups in total. The molecular weight excluding hydrogens is 303 g/mol. The summed E-state index contributed by atoms with van der Waals surface area (Å²) in [4.78, 5) is 13.9. The van der Waals surface area contributed by atoms with Crippen molar-refractivity contribution in [1.82, 2.24) is 19.9 Å². The van der Waals surface area contributed by atoms with E-state index in [1.54, 1.807) is 23.2 Å². The van der Waals surface area contributed by atoms with E-state index in [1.165, 1.54) is 16.8 Å². The molecule has 0 unspecified atom stereocenters. The zero-order valence-corrected chi connectivity index (χ0v) is 12.5. The Labute approximate surface area is 132 Å². The van der Waals surface area contributed by atoms with Crippen molar-refractivity contribution in [2.75, 3.05) is 26.3 Å². The third-order valence-electron chi connectivity index (χ3n) is 3.45. The highest BCUT2D eigenvalue weighted by Crippen LogP contribution is 2.12. The topological polar surface area (TPSA) is 69.5 Å². The van der Waals surface area contributed by atoms with E-state index in [9.17, 15) is 9.18 Å². The van der Waals surface area contributed by atoms with Crippen LogP contribution in [0.3, 0.4) is 0 Å². The van der Waals surface area contributed by atoms with Crippen LogP contribution in [0.4, 0.5) is 4.39 Å². The Balaban J connectivity index is 1.51. The van der Waals surface area contributed by atoms with Crippen LogP contribution in [0.25, 0.3) is 0 Å². The van der Waals surface area contributed by atoms with Crippen molar-refractivity contribution in [1.29, 1.82) is 0 Å². The number of carbonyl (C=O) groups is 1. The smallest absolute Gasteiger partial charge is 0.244 e. The number of hydrogen-bond donors (Lipinski definition) is 0. The zero-order valence-electron chi connectivity index (χ0n) is 12.5. The number of morpholine rings is 1. The Kier molecular flexibility index (Phi) is 4.82. The van der Waals surface area contributed by atoms with Crippen LogP contribution < -0.4 is 4.74 Å². The van der Waals surface area contributed by atoms with Crippen molar-refractivity contribution >= 4 is 5.91 Å². The number of carbonyl (C=O) groups excluding carboxylic acids is 1. The van der Waals surface area contributed by atoms with Crippen LogP contribution in [0.15, 0.2) is 30.5 Å². The lowest BCUT2D eigenvalue weighted by Gasteiger charge is -2.26. The Bertz CT molecular complexity index is 653. The Hall–Kier alpha value is -2.48. The van der Waals surface area contributed by atoms with Crippen molar-refractivity contribution in [3.05, 3.63) is 42.0 Å². The molecule has 0 atom stereocenters. The van der Waals surface area contributed by atoms with E-state index >= 15 is 0 Å². The van der Waals surface area contributed by atoms with Crippen LogP contribution in [-0.2, 0) is 22.7 Å². The Morgan fingerprint density at radius 3 is 2.74 bits per heavy atom. The van der Waals surface area contributed by atoms with Gasteiger partial charge in [0.25, 0.3) is 0 Å². The lowest BCUT2D eigenvalue weighted by molar-refractivity contribution is -0.136. The van der Waals surface area contributed by atoms with Crippen molar-refractivity contribution in [2.24, 2.45) is 0 Å². The van der Waals surface area contributed by atoms with Gasteiger partial charge in [-0.2, -0.15) is 0 Å². The van der Waals surface area contributed by atoms with Crippen LogP contribution in [0.5, 0.6) is 5.75 Å². The lowest BCUT2D eigenvalue weighted by atomic mass is 10.3. The van der Waals surface area contributed by atoms with Crippen LogP contribution >= 0.6 is 0 Å². The molecule has 1 aromatic heterocycles. The molecule has 1 amide bonds. The quantitative estimate of drug-likeness (QED) is 0.817. The minimum absolute atomic E-state index is 0.01000. The molecule has 0 saturated carbocycles. The molecule has 1 fully saturated rings. The number of benzene rings is 1. The van der Waals surface area contributed by atoms with E-state index < -0.39 is 0 Å². The predicted molar refractivity (Wildman–Crippen MR) is 78.2 cm³/mol. The van der Waals surface area contributed by atoms with Gasteiger partial charge in [0.1, 0.15) is 30.4 Å². The van der Waals surface area contributed by atoms with Crippen LogP contribution in [0.2, 0.25) is 0 Å². The number of amides is 1. The van der Waals surface area contributed by atoms with Gasteiger partial charge in [0, 0.05) is 13.1 Å². The molecule has 7 nitrogen and oxygen atoms in total. The molecule has 0 spiro atoms. The number of ether oxygens (including phenoxy) is 2. The summed E-state index contributed by atoms with van der Waals surface area (Å²) in [5, 5.41) is 7.89. The zero-order chi connectivity index (χ0) is 16.1. The first-order valence-corrected chi connectivity index (χ1v) is 7.33. The van der Waals surface area contributed by atoms with Gasteiger partial charge in [0.15, 0.2) is 0 Å². The first-order valence-electron chi connectivity index (χ1n) is 7.33. The van der Waals surface area contributed by atoms with Gasteiger partial charge in [-0.3, -0.25) is 4.79 Å². The van der Waals surface area contributed by atoms with E-state index in [2.05, 4.69) is 10.3 Å². The summed E-state index contributed by atoms with van der Waals surface area (Å²) in [5.41, 5.74) is 0.601. The normalized spacial score (nSPS) is 14.7. The summed E-state index contributed by atoms with van der Waals surface area (Å²) in [6.45, 7) is 2.70. The standard InChI is InChI=1S/C15H17FN4O3/c16-12-1-3-14(4-2-12)23-11-13-9-20(18-17-13)10-15(21)19-5-7-22-8-6-19/h1-4,9H,5-8,10-11H2. The maximum absolute atomic E-state index is 12.8. The number of halogens is 1. The lowest BCUT2D eigenvalue weighted by Crippen LogP contribution is -2.42. The third-order valence-corrected chi connectivity index (χ3v) is 3.45. The van der Waals surface area contributed by atoms with Gasteiger partial charge in [-0.15, -0.1) is 5.10 Å². The van der Waals surface area contributed by atoms with Crippen molar-refractivity contribution in [2.45, 2.75) is 13.2 Å². The van der Waals surface area contributed by atoms with Crippen molar-refractivity contribution in [3.63, 3.8) is 0 Å². The SMILES string of the molecule is O=C(Cn1cc(COc2ccc(F)cc2)nn1)N1CCOCC1. The molecule has 23 heavy (non-hydrogen) atoms. The molecule has 0 radical (unpaired) electrons. The van der Waals surface area contributed by atoms with E-state index in [4.69, 9.17) is 9.47 Å². The molecule has 0 bridgehead atoms. The number of nitrogens with zero attached hydrogens (tertiary/aromatic N) is 4. The van der Waals surface area contributed by atoms with Crippen molar-refractivity contribution in [3.8, 4) is 5.75 Å². The van der Waals surface area contributed by atoms with E-state index in [0.717, 1.165) is 0 Å². The van der Waals surface area contributed by atoms with Crippen LogP contribution in [0, 0.1) is 5.82 Å². The molecule has 2 aromatic rings. The molecule has 1 aliphatic rings. The van der Waals surface area contributed by atoms with Gasteiger partial charge < -0.3 is 14.4 Å². The second-order valence-corrected chi connectivity index (χ2v) is 5.14. The summed E-state index contributed by atoms with van der Waals surface area (Å²) in [7, 11) is 0. The number of rotatable bonds is 5. The van der Waals surface area contributed by atoms with Crippen LogP contribution in [-0.4, -0.2) is 52.1 Å². The molecule has 1 aliphatic heterocycles. The summed E-state index contributed by atoms with van der Waals surface area (Å²) >= 11 is 0. The van der Waals surface area contributed by atoms with Gasteiger partial charge in [-0.25, -0.2) is 9.07 Å². The molecule has 122 valence electrons. The van der Waals surface area contributed by atoms with E-state index in [-0.39, 0.29) is 24.9 Å². The molecule has 8 heteroatoms. The first kappa shape index (κ1) is 15.4. The summed E-state index contributed by atoms with van der Waals surface area (Å²) in [6.07, 6.45) is 1.67. The highest BCUT2D eigenvalue weighted by atomic mass is 19.1. The fourth-order valence-corrected chi connectivity index (χ4v) is 2.22. The summed E-state index contributed by atoms with van der Waals surface area (Å²) in [5.74, 6) is 0.222. The maximum atomic E-state index is 12.8. The molecule has 1 saturated heterocycles. The molecule has 0 aliphatic carbocycles. The van der Waals surface area contributed by atoms with E-state index in [1.807, 2.05) is 0 Å². The minimum atomic E-state index is -0.315. The molecule has 2 heterocycles. The maximum Gasteiger partial charge on any atom is 0.244 e. The number of hydrogen-bond acceptors (Lipinski definition) is 5. The Morgan fingerprint density at radius 1 is 1.26 bits per heavy atom. The fourth-order valence-electron chi connectivity index (χ4n) is 2.22. The van der Waals surface area contributed by atoms with E-state index in [0.29, 0.717) is 37.7 Å². The van der Waals surface area contributed by atoms with Gasteiger partial charge >= 0.3 is 0 Å². The van der Waals surface area contributed by atoms with Crippen LogP contribution in [0.1, 0.15) is 5.69 Å². The van der Waals surface area contributed by atoms with Gasteiger partial charge in [0.05, 0.1) is 19.4 Å². The second kappa shape index (κ2) is 7.19. The second-order valence-electron chi connectivity index (χ2n) is 5.14. The van der Waals surface area contributed by atoms with Crippen molar-refractivity contribution < 1.29 is 18.7 Å².